The van der Waals surface area contributed by atoms with Gasteiger partial charge in [0.05, 0.1) is 0 Å². The third-order valence-corrected chi connectivity index (χ3v) is 4.02. The van der Waals surface area contributed by atoms with Crippen LogP contribution in [0, 0.1) is 6.92 Å². The molecule has 4 heteroatoms. The van der Waals surface area contributed by atoms with Crippen LogP contribution >= 0.6 is 0 Å². The van der Waals surface area contributed by atoms with Crippen LogP contribution in [-0.2, 0) is 11.8 Å². The first-order valence-corrected chi connectivity index (χ1v) is 7.53. The molecular formula is C19H19N3O. The van der Waals surface area contributed by atoms with Crippen LogP contribution in [0.15, 0.2) is 48.3 Å². The predicted octanol–water partition coefficient (Wildman–Crippen LogP) is 4.04. The van der Waals surface area contributed by atoms with E-state index in [-0.39, 0.29) is 0 Å². The second kappa shape index (κ2) is 6.08. The highest BCUT2D eigenvalue weighted by Gasteiger charge is 2.13. The summed E-state index contributed by atoms with van der Waals surface area (Å²) in [6, 6.07) is 6.04. The van der Waals surface area contributed by atoms with Gasteiger partial charge in [-0.2, -0.15) is 0 Å². The van der Waals surface area contributed by atoms with Gasteiger partial charge in [-0.3, -0.25) is 4.79 Å². The molecule has 0 bridgehead atoms. The summed E-state index contributed by atoms with van der Waals surface area (Å²) in [6.07, 6.45) is 10.3. The number of allylic oxidation sites excluding steroid dienone is 3. The first-order valence-electron chi connectivity index (χ1n) is 7.53. The van der Waals surface area contributed by atoms with E-state index in [1.165, 1.54) is 0 Å². The number of hydrogen-bond acceptors (Lipinski definition) is 2. The second-order valence-electron chi connectivity index (χ2n) is 5.54. The van der Waals surface area contributed by atoms with Crippen molar-refractivity contribution in [3.05, 3.63) is 59.6 Å². The number of aryl methyl sites for hydroxylation is 1. The molecule has 0 spiro atoms. The molecule has 4 nitrogen and oxygen atoms in total. The summed E-state index contributed by atoms with van der Waals surface area (Å²) in [4.78, 5) is 19.0. The summed E-state index contributed by atoms with van der Waals surface area (Å²) in [6.45, 7) is 3.95. The molecule has 3 aromatic heterocycles. The number of hydrogen-bond donors (Lipinski definition) is 1. The highest BCUT2D eigenvalue weighted by molar-refractivity contribution is 5.91. The van der Waals surface area contributed by atoms with Gasteiger partial charge in [-0.05, 0) is 38.1 Å². The second-order valence-corrected chi connectivity index (χ2v) is 5.54. The predicted molar refractivity (Wildman–Crippen MR) is 94.1 cm³/mol. The molecule has 0 aromatic carbocycles. The van der Waals surface area contributed by atoms with Gasteiger partial charge >= 0.3 is 0 Å². The maximum absolute atomic E-state index is 11.3. The Morgan fingerprint density at radius 3 is 2.91 bits per heavy atom. The van der Waals surface area contributed by atoms with E-state index in [1.807, 2.05) is 51.3 Å². The first kappa shape index (κ1) is 15.0. The van der Waals surface area contributed by atoms with Crippen molar-refractivity contribution in [2.45, 2.75) is 13.8 Å². The molecule has 0 atom stereocenters. The van der Waals surface area contributed by atoms with Gasteiger partial charge in [-0.1, -0.05) is 12.2 Å². The summed E-state index contributed by atoms with van der Waals surface area (Å²) < 4.78 is 2.07. The smallest absolute Gasteiger partial charge is 0.150 e. The van der Waals surface area contributed by atoms with Crippen molar-refractivity contribution >= 4 is 23.4 Å². The average Bonchev–Trinajstić information content (AvgIpc) is 3.10. The average molecular weight is 305 g/mol. The fourth-order valence-electron chi connectivity index (χ4n) is 2.73. The van der Waals surface area contributed by atoms with E-state index in [0.29, 0.717) is 5.57 Å². The molecule has 0 saturated heterocycles. The van der Waals surface area contributed by atoms with E-state index in [4.69, 9.17) is 0 Å². The number of nitrogens with one attached hydrogen (secondary N) is 1. The van der Waals surface area contributed by atoms with Crippen LogP contribution in [-0.4, -0.2) is 20.8 Å². The summed E-state index contributed by atoms with van der Waals surface area (Å²) in [7, 11) is 2.01. The van der Waals surface area contributed by atoms with Crippen molar-refractivity contribution in [3.8, 4) is 11.3 Å². The fraction of sp³-hybridized carbons (Fsp3) is 0.158. The lowest BCUT2D eigenvalue weighted by Gasteiger charge is -2.00. The highest BCUT2D eigenvalue weighted by atomic mass is 16.1. The van der Waals surface area contributed by atoms with Crippen molar-refractivity contribution in [3.63, 3.8) is 0 Å². The molecule has 0 saturated carbocycles. The van der Waals surface area contributed by atoms with Gasteiger partial charge < -0.3 is 9.55 Å². The van der Waals surface area contributed by atoms with E-state index in [2.05, 4.69) is 26.8 Å². The third-order valence-electron chi connectivity index (χ3n) is 4.02. The SMILES string of the molecule is C/C=C\C(C=O)=C/c1c(-c2cc3cccnc3[nH]2)cn(C)c1C. The quantitative estimate of drug-likeness (QED) is 0.449. The van der Waals surface area contributed by atoms with Gasteiger partial charge in [0.25, 0.3) is 0 Å². The van der Waals surface area contributed by atoms with Crippen molar-refractivity contribution in [2.75, 3.05) is 0 Å². The minimum Gasteiger partial charge on any atom is -0.353 e. The van der Waals surface area contributed by atoms with E-state index < -0.39 is 0 Å². The Hall–Kier alpha value is -2.88. The molecule has 3 heterocycles. The van der Waals surface area contributed by atoms with Gasteiger partial charge in [0.1, 0.15) is 11.9 Å². The lowest BCUT2D eigenvalue weighted by molar-refractivity contribution is -0.104. The van der Waals surface area contributed by atoms with Crippen LogP contribution in [0.4, 0.5) is 0 Å². The molecule has 1 N–H and O–H groups in total. The minimum atomic E-state index is 0.650. The van der Waals surface area contributed by atoms with Crippen LogP contribution in [0.3, 0.4) is 0 Å². The maximum Gasteiger partial charge on any atom is 0.150 e. The molecule has 116 valence electrons. The Morgan fingerprint density at radius 2 is 2.22 bits per heavy atom. The topological polar surface area (TPSA) is 50.7 Å². The normalized spacial score (nSPS) is 12.4. The molecule has 0 aliphatic heterocycles. The molecule has 0 aliphatic carbocycles. The van der Waals surface area contributed by atoms with Crippen LogP contribution in [0.5, 0.6) is 0 Å². The summed E-state index contributed by atoms with van der Waals surface area (Å²) >= 11 is 0. The van der Waals surface area contributed by atoms with Crippen LogP contribution < -0.4 is 0 Å². The molecule has 3 rings (SSSR count). The molecule has 3 aromatic rings. The zero-order valence-corrected chi connectivity index (χ0v) is 13.5. The van der Waals surface area contributed by atoms with Crippen molar-refractivity contribution in [2.24, 2.45) is 7.05 Å². The number of fused-ring (bicyclic) bond motifs is 1. The van der Waals surface area contributed by atoms with Gasteiger partial charge in [0, 0.05) is 52.9 Å². The van der Waals surface area contributed by atoms with E-state index in [1.54, 1.807) is 6.20 Å². The maximum atomic E-state index is 11.3. The molecule has 0 radical (unpaired) electrons. The van der Waals surface area contributed by atoms with E-state index >= 15 is 0 Å². The number of aromatic amines is 1. The van der Waals surface area contributed by atoms with Gasteiger partial charge in [-0.25, -0.2) is 4.98 Å². The summed E-state index contributed by atoms with van der Waals surface area (Å²) in [5.41, 5.74) is 5.72. The molecule has 0 unspecified atom stereocenters. The van der Waals surface area contributed by atoms with Crippen LogP contribution in [0.25, 0.3) is 28.4 Å². The number of aromatic nitrogens is 3. The van der Waals surface area contributed by atoms with Crippen molar-refractivity contribution < 1.29 is 4.79 Å². The van der Waals surface area contributed by atoms with Crippen LogP contribution in [0.1, 0.15) is 18.2 Å². The van der Waals surface area contributed by atoms with E-state index in [0.717, 1.165) is 39.8 Å². The van der Waals surface area contributed by atoms with Crippen molar-refractivity contribution in [1.82, 2.24) is 14.5 Å². The van der Waals surface area contributed by atoms with Gasteiger partial charge in [0.15, 0.2) is 0 Å². The van der Waals surface area contributed by atoms with Gasteiger partial charge in [-0.15, -0.1) is 0 Å². The van der Waals surface area contributed by atoms with E-state index in [9.17, 15) is 4.79 Å². The zero-order valence-electron chi connectivity index (χ0n) is 13.5. The zero-order chi connectivity index (χ0) is 16.4. The Kier molecular flexibility index (Phi) is 3.98. The molecular weight excluding hydrogens is 286 g/mol. The summed E-state index contributed by atoms with van der Waals surface area (Å²) in [5, 5.41) is 1.07. The number of pyridine rings is 1. The lowest BCUT2D eigenvalue weighted by Crippen LogP contribution is -1.89. The number of H-pyrrole nitrogens is 1. The number of carbonyl (C=O) groups is 1. The van der Waals surface area contributed by atoms with Gasteiger partial charge in [0.2, 0.25) is 0 Å². The largest absolute Gasteiger partial charge is 0.353 e. The number of nitrogens with zero attached hydrogens (tertiary/aromatic N) is 2. The molecule has 23 heavy (non-hydrogen) atoms. The number of rotatable bonds is 4. The summed E-state index contributed by atoms with van der Waals surface area (Å²) in [5.74, 6) is 0. The highest BCUT2D eigenvalue weighted by Crippen LogP contribution is 2.30. The minimum absolute atomic E-state index is 0.650. The molecule has 0 amide bonds. The third kappa shape index (κ3) is 2.75. The standard InChI is InChI=1S/C19H19N3O/c1-4-6-14(12-23)9-16-13(2)22(3)11-17(16)18-10-15-7-5-8-20-19(15)21-18/h4-12H,1-3H3,(H,20,21)/b6-4-,14-9+. The molecule has 0 fully saturated rings. The Morgan fingerprint density at radius 1 is 1.39 bits per heavy atom. The number of aldehydes is 1. The fourth-order valence-corrected chi connectivity index (χ4v) is 2.73. The van der Waals surface area contributed by atoms with Crippen molar-refractivity contribution in [1.29, 1.82) is 0 Å². The molecule has 0 aliphatic rings. The lowest BCUT2D eigenvalue weighted by atomic mass is 10.0. The monoisotopic (exact) mass is 305 g/mol. The Labute approximate surface area is 135 Å². The number of carbonyl (C=O) groups excluding carboxylic acids is 1. The van der Waals surface area contributed by atoms with Crippen LogP contribution in [0.2, 0.25) is 0 Å². The Bertz CT molecular complexity index is 892. The first-order chi connectivity index (χ1) is 11.1. The Balaban J connectivity index is 2.20.